The molecule has 0 aliphatic carbocycles. The molecule has 134 valence electrons. The molecule has 1 aliphatic heterocycles. The summed E-state index contributed by atoms with van der Waals surface area (Å²) in [6.07, 6.45) is 1.55. The number of nitrogens with zero attached hydrogens (tertiary/aromatic N) is 1. The van der Waals surface area contributed by atoms with Crippen LogP contribution in [0.15, 0.2) is 75.8 Å². The zero-order valence-electron chi connectivity index (χ0n) is 14.3. The maximum atomic E-state index is 12.1. The Labute approximate surface area is 160 Å². The van der Waals surface area contributed by atoms with Gasteiger partial charge in [0, 0.05) is 22.2 Å². The third-order valence-electron chi connectivity index (χ3n) is 3.97. The van der Waals surface area contributed by atoms with E-state index in [1.807, 2.05) is 18.2 Å². The fraction of sp³-hybridized carbons (Fsp3) is 0.0476. The first-order valence-electron chi connectivity index (χ1n) is 8.15. The normalized spacial score (nSPS) is 15.0. The Hall–Kier alpha value is -3.31. The SMILES string of the molecule is COc1ccc(C2=N/C(=C/c3ccc(-c4cccc(Cl)c4)o3)C(=O)O2)cc1. The standard InChI is InChI=1S/C21H14ClNO4/c1-25-16-7-5-13(6-8-16)20-23-18(21(24)27-20)12-17-9-10-19(26-17)14-3-2-4-15(22)11-14/h2-12H,1H3/b18-12+. The van der Waals surface area contributed by atoms with Crippen LogP contribution in [0.3, 0.4) is 0 Å². The van der Waals surface area contributed by atoms with E-state index in [9.17, 15) is 4.79 Å². The molecule has 2 heterocycles. The van der Waals surface area contributed by atoms with Gasteiger partial charge in [-0.15, -0.1) is 0 Å². The number of cyclic esters (lactones) is 1. The maximum Gasteiger partial charge on any atom is 0.363 e. The molecule has 0 N–H and O–H groups in total. The molecule has 5 nitrogen and oxygen atoms in total. The van der Waals surface area contributed by atoms with Crippen LogP contribution in [0.2, 0.25) is 5.02 Å². The van der Waals surface area contributed by atoms with E-state index in [-0.39, 0.29) is 11.6 Å². The second-order valence-corrected chi connectivity index (χ2v) is 6.21. The van der Waals surface area contributed by atoms with Crippen molar-refractivity contribution in [3.63, 3.8) is 0 Å². The Morgan fingerprint density at radius 2 is 1.85 bits per heavy atom. The maximum absolute atomic E-state index is 12.1. The Bertz CT molecular complexity index is 1060. The second-order valence-electron chi connectivity index (χ2n) is 5.78. The Balaban J connectivity index is 1.60. The highest BCUT2D eigenvalue weighted by Gasteiger charge is 2.24. The fourth-order valence-electron chi connectivity index (χ4n) is 2.63. The van der Waals surface area contributed by atoms with E-state index in [1.165, 1.54) is 0 Å². The Morgan fingerprint density at radius 3 is 2.59 bits per heavy atom. The van der Waals surface area contributed by atoms with Crippen molar-refractivity contribution in [3.8, 4) is 17.1 Å². The summed E-state index contributed by atoms with van der Waals surface area (Å²) in [5.74, 6) is 1.58. The minimum Gasteiger partial charge on any atom is -0.497 e. The highest BCUT2D eigenvalue weighted by Crippen LogP contribution is 2.27. The van der Waals surface area contributed by atoms with Crippen molar-refractivity contribution < 1.29 is 18.7 Å². The van der Waals surface area contributed by atoms with Gasteiger partial charge in [-0.2, -0.15) is 0 Å². The summed E-state index contributed by atoms with van der Waals surface area (Å²) < 4.78 is 16.2. The molecule has 0 amide bonds. The summed E-state index contributed by atoms with van der Waals surface area (Å²) >= 11 is 6.01. The lowest BCUT2D eigenvalue weighted by molar-refractivity contribution is -0.129. The number of carbonyl (C=O) groups is 1. The monoisotopic (exact) mass is 379 g/mol. The number of hydrogen-bond acceptors (Lipinski definition) is 5. The van der Waals surface area contributed by atoms with Gasteiger partial charge in [0.25, 0.3) is 0 Å². The van der Waals surface area contributed by atoms with Gasteiger partial charge in [0.15, 0.2) is 5.70 Å². The lowest BCUT2D eigenvalue weighted by Gasteiger charge is -2.01. The molecule has 6 heteroatoms. The summed E-state index contributed by atoms with van der Waals surface area (Å²) in [6.45, 7) is 0. The van der Waals surface area contributed by atoms with Crippen molar-refractivity contribution in [2.24, 2.45) is 4.99 Å². The highest BCUT2D eigenvalue weighted by atomic mass is 35.5. The van der Waals surface area contributed by atoms with Crippen molar-refractivity contribution in [2.45, 2.75) is 0 Å². The first-order valence-corrected chi connectivity index (χ1v) is 8.53. The summed E-state index contributed by atoms with van der Waals surface area (Å²) in [5.41, 5.74) is 1.71. The predicted octanol–water partition coefficient (Wildman–Crippen LogP) is 4.95. The van der Waals surface area contributed by atoms with E-state index in [0.29, 0.717) is 27.9 Å². The van der Waals surface area contributed by atoms with Gasteiger partial charge in [-0.05, 0) is 48.5 Å². The van der Waals surface area contributed by atoms with Crippen LogP contribution < -0.4 is 4.74 Å². The zero-order valence-corrected chi connectivity index (χ0v) is 15.1. The molecular weight excluding hydrogens is 366 g/mol. The fourth-order valence-corrected chi connectivity index (χ4v) is 2.82. The van der Waals surface area contributed by atoms with Gasteiger partial charge in [0.2, 0.25) is 5.90 Å². The average Bonchev–Trinajstić information content (AvgIpc) is 3.29. The molecule has 4 rings (SSSR count). The lowest BCUT2D eigenvalue weighted by atomic mass is 10.2. The summed E-state index contributed by atoms with van der Waals surface area (Å²) in [4.78, 5) is 16.4. The molecule has 0 spiro atoms. The van der Waals surface area contributed by atoms with Crippen molar-refractivity contribution in [1.29, 1.82) is 0 Å². The minimum atomic E-state index is -0.526. The van der Waals surface area contributed by atoms with Crippen LogP contribution in [-0.2, 0) is 9.53 Å². The molecule has 0 radical (unpaired) electrons. The quantitative estimate of drug-likeness (QED) is 0.475. The van der Waals surface area contributed by atoms with Crippen LogP contribution in [0.4, 0.5) is 0 Å². The molecule has 27 heavy (non-hydrogen) atoms. The van der Waals surface area contributed by atoms with Gasteiger partial charge in [-0.25, -0.2) is 9.79 Å². The van der Waals surface area contributed by atoms with Crippen molar-refractivity contribution in [3.05, 3.63) is 82.7 Å². The van der Waals surface area contributed by atoms with E-state index in [0.717, 1.165) is 5.56 Å². The number of hydrogen-bond donors (Lipinski definition) is 0. The van der Waals surface area contributed by atoms with Crippen molar-refractivity contribution >= 4 is 29.5 Å². The highest BCUT2D eigenvalue weighted by molar-refractivity contribution is 6.30. The predicted molar refractivity (Wildman–Crippen MR) is 103 cm³/mol. The molecule has 1 aromatic heterocycles. The van der Waals surface area contributed by atoms with Crippen LogP contribution in [0.25, 0.3) is 17.4 Å². The number of halogens is 1. The number of ether oxygens (including phenoxy) is 2. The molecule has 0 bridgehead atoms. The molecule has 0 unspecified atom stereocenters. The largest absolute Gasteiger partial charge is 0.497 e. The van der Waals surface area contributed by atoms with Crippen LogP contribution in [-0.4, -0.2) is 19.0 Å². The minimum absolute atomic E-state index is 0.174. The molecule has 0 fully saturated rings. The number of esters is 1. The third kappa shape index (κ3) is 3.64. The van der Waals surface area contributed by atoms with Gasteiger partial charge in [0.05, 0.1) is 7.11 Å². The topological polar surface area (TPSA) is 61.0 Å². The molecule has 0 atom stereocenters. The second kappa shape index (κ2) is 7.13. The van der Waals surface area contributed by atoms with Gasteiger partial charge >= 0.3 is 5.97 Å². The Morgan fingerprint density at radius 1 is 1.04 bits per heavy atom. The molecule has 0 saturated heterocycles. The van der Waals surface area contributed by atoms with Crippen LogP contribution in [0.1, 0.15) is 11.3 Å². The number of benzene rings is 2. The van der Waals surface area contributed by atoms with E-state index >= 15 is 0 Å². The molecule has 3 aromatic rings. The first-order chi connectivity index (χ1) is 13.1. The molecule has 1 aliphatic rings. The smallest absolute Gasteiger partial charge is 0.363 e. The van der Waals surface area contributed by atoms with Crippen LogP contribution >= 0.6 is 11.6 Å². The van der Waals surface area contributed by atoms with E-state index in [2.05, 4.69) is 4.99 Å². The Kier molecular flexibility index (Phi) is 4.52. The number of furan rings is 1. The van der Waals surface area contributed by atoms with Crippen LogP contribution in [0.5, 0.6) is 5.75 Å². The summed E-state index contributed by atoms with van der Waals surface area (Å²) in [6, 6.07) is 18.0. The van der Waals surface area contributed by atoms with Gasteiger partial charge in [0.1, 0.15) is 17.3 Å². The number of aliphatic imine (C=N–C) groups is 1. The number of carbonyl (C=O) groups excluding carboxylic acids is 1. The number of rotatable bonds is 4. The summed E-state index contributed by atoms with van der Waals surface area (Å²) in [7, 11) is 1.59. The van der Waals surface area contributed by atoms with Gasteiger partial charge in [-0.1, -0.05) is 23.7 Å². The van der Waals surface area contributed by atoms with E-state index in [4.69, 9.17) is 25.5 Å². The van der Waals surface area contributed by atoms with E-state index in [1.54, 1.807) is 55.7 Å². The summed E-state index contributed by atoms with van der Waals surface area (Å²) in [5, 5.41) is 0.622. The third-order valence-corrected chi connectivity index (χ3v) is 4.21. The molecule has 0 saturated carbocycles. The van der Waals surface area contributed by atoms with Crippen molar-refractivity contribution in [1.82, 2.24) is 0 Å². The average molecular weight is 380 g/mol. The van der Waals surface area contributed by atoms with Crippen molar-refractivity contribution in [2.75, 3.05) is 7.11 Å². The van der Waals surface area contributed by atoms with Gasteiger partial charge in [-0.3, -0.25) is 0 Å². The molecule has 2 aromatic carbocycles. The lowest BCUT2D eigenvalue weighted by Crippen LogP contribution is -2.05. The zero-order chi connectivity index (χ0) is 18.8. The van der Waals surface area contributed by atoms with Crippen LogP contribution in [0, 0.1) is 0 Å². The molecular formula is C21H14ClNO4. The van der Waals surface area contributed by atoms with Gasteiger partial charge < -0.3 is 13.9 Å². The van der Waals surface area contributed by atoms with E-state index < -0.39 is 5.97 Å². The number of methoxy groups -OCH3 is 1. The first kappa shape index (κ1) is 17.1.